The Labute approximate surface area is 266 Å². The number of anilines is 2. The summed E-state index contributed by atoms with van der Waals surface area (Å²) >= 11 is 0. The van der Waals surface area contributed by atoms with Gasteiger partial charge in [0.15, 0.2) is 34.8 Å². The Balaban J connectivity index is 1.20. The van der Waals surface area contributed by atoms with Crippen LogP contribution in [-0.2, 0) is 41.4 Å². The van der Waals surface area contributed by atoms with E-state index in [1.165, 1.54) is 10.9 Å². The molecule has 0 radical (unpaired) electrons. The molecule has 3 saturated heterocycles. The van der Waals surface area contributed by atoms with Crippen LogP contribution in [0, 0.1) is 0 Å². The molecule has 26 heteroatoms. The molecule has 10 atom stereocenters. The normalized spacial score (nSPS) is 36.1. The molecule has 0 saturated carbocycles. The number of ether oxygens (including phenoxy) is 3. The van der Waals surface area contributed by atoms with Crippen LogP contribution in [0.3, 0.4) is 0 Å². The third kappa shape index (κ3) is 5.84. The molecule has 24 nitrogen and oxygen atoms in total. The number of nitrogens with one attached hydrogen (secondary N) is 2. The van der Waals surface area contributed by atoms with E-state index >= 15 is 0 Å². The zero-order chi connectivity index (χ0) is 34.1. The van der Waals surface area contributed by atoms with Crippen LogP contribution in [0.4, 0.5) is 11.9 Å². The smallest absolute Gasteiger partial charge is 0.386 e. The second-order valence-electron chi connectivity index (χ2n) is 10.8. The maximum Gasteiger partial charge on any atom is 0.472 e. The Morgan fingerprint density at radius 1 is 0.875 bits per heavy atom. The van der Waals surface area contributed by atoms with Gasteiger partial charge < -0.3 is 40.6 Å². The van der Waals surface area contributed by atoms with Crippen molar-refractivity contribution in [3.63, 3.8) is 0 Å². The number of nitrogen functional groups attached to an aromatic ring is 2. The number of phosphoric ester groups is 2. The van der Waals surface area contributed by atoms with Crippen molar-refractivity contribution in [3.8, 4) is 0 Å². The average molecular weight is 718 g/mol. The molecule has 2 unspecified atom stereocenters. The number of aromatic nitrogens is 8. The highest BCUT2D eigenvalue weighted by Crippen LogP contribution is 2.54. The number of imidazole rings is 2. The highest BCUT2D eigenvalue weighted by Gasteiger charge is 2.54. The van der Waals surface area contributed by atoms with Gasteiger partial charge in [-0.05, 0) is 6.92 Å². The van der Waals surface area contributed by atoms with E-state index in [0.29, 0.717) is 0 Å². The summed E-state index contributed by atoms with van der Waals surface area (Å²) in [6, 6.07) is 0. The first-order valence-electron chi connectivity index (χ1n) is 14.1. The van der Waals surface area contributed by atoms with E-state index in [-0.39, 0.29) is 40.8 Å². The van der Waals surface area contributed by atoms with Crippen LogP contribution in [0.5, 0.6) is 0 Å². The molecule has 7 rings (SSSR count). The second-order valence-corrected chi connectivity index (χ2v) is 13.6. The molecule has 48 heavy (non-hydrogen) atoms. The van der Waals surface area contributed by atoms with Crippen LogP contribution in [-0.4, -0.2) is 110 Å². The molecule has 0 aliphatic carbocycles. The third-order valence-corrected chi connectivity index (χ3v) is 9.69. The van der Waals surface area contributed by atoms with Gasteiger partial charge >= 0.3 is 15.6 Å². The van der Waals surface area contributed by atoms with Crippen molar-refractivity contribution in [1.82, 2.24) is 39.0 Å². The van der Waals surface area contributed by atoms with Gasteiger partial charge in [-0.1, -0.05) is 0 Å². The van der Waals surface area contributed by atoms with Crippen molar-refractivity contribution in [1.29, 1.82) is 0 Å². The minimum Gasteiger partial charge on any atom is -0.386 e. The number of H-pyrrole nitrogens is 2. The minimum atomic E-state index is -5.07. The molecule has 260 valence electrons. The van der Waals surface area contributed by atoms with Crippen LogP contribution in [0.25, 0.3) is 22.3 Å². The number of rotatable bonds is 4. The van der Waals surface area contributed by atoms with Crippen molar-refractivity contribution < 1.29 is 56.3 Å². The van der Waals surface area contributed by atoms with Crippen LogP contribution < -0.4 is 22.6 Å². The van der Waals surface area contributed by atoms with Crippen LogP contribution in [0.1, 0.15) is 19.4 Å². The number of nitrogens with two attached hydrogens (primary N) is 2. The van der Waals surface area contributed by atoms with E-state index in [4.69, 9.17) is 43.8 Å². The van der Waals surface area contributed by atoms with Crippen LogP contribution >= 0.6 is 15.6 Å². The largest absolute Gasteiger partial charge is 0.472 e. The number of aliphatic hydroxyl groups excluding tert-OH is 1. The first-order chi connectivity index (χ1) is 22.7. The van der Waals surface area contributed by atoms with Gasteiger partial charge in [0, 0.05) is 6.61 Å². The zero-order valence-electron chi connectivity index (χ0n) is 24.5. The highest BCUT2D eigenvalue weighted by atomic mass is 31.2. The number of fused-ring (bicyclic) bond motifs is 4. The molecule has 3 aliphatic heterocycles. The van der Waals surface area contributed by atoms with Gasteiger partial charge in [0.25, 0.3) is 11.1 Å². The van der Waals surface area contributed by atoms with Gasteiger partial charge in [0.2, 0.25) is 11.9 Å². The monoisotopic (exact) mass is 718 g/mol. The van der Waals surface area contributed by atoms with Crippen molar-refractivity contribution in [2.75, 3.05) is 31.3 Å². The lowest BCUT2D eigenvalue weighted by Gasteiger charge is -2.28. The maximum absolute atomic E-state index is 13.3. The molecule has 0 spiro atoms. The lowest BCUT2D eigenvalue weighted by molar-refractivity contribution is -0.0687. The van der Waals surface area contributed by atoms with Crippen LogP contribution in [0.2, 0.25) is 0 Å². The number of nitrogens with zero attached hydrogens (tertiary/aromatic N) is 6. The second kappa shape index (κ2) is 12.0. The summed E-state index contributed by atoms with van der Waals surface area (Å²) in [6.45, 7) is 0.0486. The fourth-order valence-corrected chi connectivity index (χ4v) is 7.66. The SMILES string of the molecule is CCO[C@@H]1[C@@H]2OP(=O)(O)OC[C@H]3O[C@@H](n4cnc5c(=O)[nH]c(N)nc54)[C@H](O)[C@@H]3OP(=O)(O)OC[C@H]2O[C@H]1n1cnc2c(=O)[nH]c(N)nc21. The van der Waals surface area contributed by atoms with E-state index in [1.807, 2.05) is 0 Å². The zero-order valence-corrected chi connectivity index (χ0v) is 26.2. The molecule has 4 aromatic heterocycles. The van der Waals surface area contributed by atoms with E-state index < -0.39 is 89.1 Å². The summed E-state index contributed by atoms with van der Waals surface area (Å²) in [5.41, 5.74) is 9.65. The Morgan fingerprint density at radius 3 is 1.90 bits per heavy atom. The van der Waals surface area contributed by atoms with E-state index in [1.54, 1.807) is 6.92 Å². The number of aliphatic hydroxyl groups is 1. The summed E-state index contributed by atoms with van der Waals surface area (Å²) in [7, 11) is -10.1. The predicted octanol–water partition coefficient (Wildman–Crippen LogP) is -2.00. The topological polar surface area (TPSA) is 339 Å². The van der Waals surface area contributed by atoms with Crippen molar-refractivity contribution in [3.05, 3.63) is 33.4 Å². The molecule has 0 aromatic carbocycles. The molecular weight excluding hydrogens is 690 g/mol. The standard InChI is InChI=1S/C22H28N10O14P2/c1-2-40-14-13-8(44-20(14)32-6-26-10-16(32)28-22(24)30-18(10)35)4-42-47(36,37)45-12-7(3-41-48(38,39)46-13)43-19(11(12)33)31-5-25-9-15(31)27-21(23)29-17(9)34/h5-8,11-14,19-20,33H,2-4H2,1H3,(H,36,37)(H,38,39)(H3,23,27,29,34)(H3,24,28,30,35)/t7-,8-,11-,12-,13-,14-,19-,20-/m1/s1. The molecule has 0 bridgehead atoms. The number of phosphoric acid groups is 2. The van der Waals surface area contributed by atoms with Crippen molar-refractivity contribution in [2.45, 2.75) is 56.0 Å². The molecule has 4 aromatic rings. The summed E-state index contributed by atoms with van der Waals surface area (Å²) < 4.78 is 68.0. The van der Waals surface area contributed by atoms with Gasteiger partial charge in [-0.15, -0.1) is 0 Å². The number of aromatic amines is 2. The van der Waals surface area contributed by atoms with E-state index in [0.717, 1.165) is 10.9 Å². The first-order valence-corrected chi connectivity index (χ1v) is 17.1. The number of hydrogen-bond acceptors (Lipinski definition) is 18. The van der Waals surface area contributed by atoms with Crippen molar-refractivity contribution >= 4 is 49.9 Å². The maximum atomic E-state index is 13.3. The van der Waals surface area contributed by atoms with Crippen molar-refractivity contribution in [2.24, 2.45) is 0 Å². The molecule has 7 heterocycles. The van der Waals surface area contributed by atoms with Gasteiger partial charge in [0.1, 0.15) is 36.6 Å². The summed E-state index contributed by atoms with van der Waals surface area (Å²) in [4.78, 5) is 66.9. The summed E-state index contributed by atoms with van der Waals surface area (Å²) in [5, 5.41) is 11.2. The Hall–Kier alpha value is -3.64. The Bertz CT molecular complexity index is 2090. The molecule has 9 N–H and O–H groups in total. The minimum absolute atomic E-state index is 0.0227. The Morgan fingerprint density at radius 2 is 1.35 bits per heavy atom. The molecule has 0 amide bonds. The molecule has 3 fully saturated rings. The van der Waals surface area contributed by atoms with Crippen LogP contribution in [0.15, 0.2) is 22.2 Å². The van der Waals surface area contributed by atoms with Gasteiger partial charge in [-0.2, -0.15) is 9.97 Å². The van der Waals surface area contributed by atoms with E-state index in [2.05, 4.69) is 29.9 Å². The fraction of sp³-hybridized carbons (Fsp3) is 0.545. The number of hydrogen-bond donors (Lipinski definition) is 7. The van der Waals surface area contributed by atoms with E-state index in [9.17, 15) is 33.6 Å². The molecule has 3 aliphatic rings. The summed E-state index contributed by atoms with van der Waals surface area (Å²) in [5.74, 6) is -0.500. The van der Waals surface area contributed by atoms with Gasteiger partial charge in [-0.3, -0.25) is 46.8 Å². The lowest BCUT2D eigenvalue weighted by Crippen LogP contribution is -2.40. The Kier molecular flexibility index (Phi) is 8.25. The fourth-order valence-electron chi connectivity index (χ4n) is 5.74. The predicted molar refractivity (Wildman–Crippen MR) is 156 cm³/mol. The third-order valence-electron chi connectivity index (χ3n) is 7.72. The lowest BCUT2D eigenvalue weighted by atomic mass is 10.1. The average Bonchev–Trinajstić information content (AvgIpc) is 3.76. The quantitative estimate of drug-likeness (QED) is 0.112. The van der Waals surface area contributed by atoms with Gasteiger partial charge in [-0.25, -0.2) is 19.1 Å². The molecular formula is C22H28N10O14P2. The highest BCUT2D eigenvalue weighted by molar-refractivity contribution is 7.47. The van der Waals surface area contributed by atoms with Gasteiger partial charge in [0.05, 0.1) is 25.9 Å². The first kappa shape index (κ1) is 32.9. The summed E-state index contributed by atoms with van der Waals surface area (Å²) in [6.07, 6.45) is -9.48.